The van der Waals surface area contributed by atoms with Gasteiger partial charge in [0, 0.05) is 6.04 Å². The molecule has 0 radical (unpaired) electrons. The largest absolute Gasteiger partial charge is 0.466 e. The zero-order valence-corrected chi connectivity index (χ0v) is 12.8. The van der Waals surface area contributed by atoms with Gasteiger partial charge < -0.3 is 10.5 Å². The van der Waals surface area contributed by atoms with Crippen molar-refractivity contribution in [1.29, 1.82) is 0 Å². The topological polar surface area (TPSA) is 52.3 Å². The maximum atomic E-state index is 11.8. The van der Waals surface area contributed by atoms with Crippen LogP contribution in [0.2, 0.25) is 10.0 Å². The third-order valence-corrected chi connectivity index (χ3v) is 4.08. The first-order valence-electron chi connectivity index (χ1n) is 5.93. The second-order valence-electron chi connectivity index (χ2n) is 4.42. The highest BCUT2D eigenvalue weighted by Gasteiger charge is 2.32. The smallest absolute Gasteiger partial charge is 0.309 e. The summed E-state index contributed by atoms with van der Waals surface area (Å²) < 4.78 is 5.04. The number of halogens is 3. The standard InChI is InChI=1S/C13H15Cl2NO2.ClH/c1-2-18-13(17)7-5-9-8(11(16)6-7)3-4-10(14)12(9)15;/h3-4,7,11H,2,5-6,16H2,1H3;1H/t7-,11-;/m1./s1. The zero-order chi connectivity index (χ0) is 13.3. The summed E-state index contributed by atoms with van der Waals surface area (Å²) in [5.41, 5.74) is 7.93. The molecule has 1 aromatic carbocycles. The van der Waals surface area contributed by atoms with Crippen LogP contribution in [0.5, 0.6) is 0 Å². The fourth-order valence-corrected chi connectivity index (χ4v) is 2.79. The molecule has 2 rings (SSSR count). The van der Waals surface area contributed by atoms with E-state index in [-0.39, 0.29) is 30.3 Å². The molecule has 0 heterocycles. The summed E-state index contributed by atoms with van der Waals surface area (Å²) in [6.07, 6.45) is 1.13. The molecule has 0 saturated carbocycles. The number of nitrogens with two attached hydrogens (primary N) is 1. The summed E-state index contributed by atoms with van der Waals surface area (Å²) in [6.45, 7) is 2.17. The van der Waals surface area contributed by atoms with Crippen molar-refractivity contribution in [3.63, 3.8) is 0 Å². The zero-order valence-electron chi connectivity index (χ0n) is 10.5. The lowest BCUT2D eigenvalue weighted by molar-refractivity contribution is -0.148. The van der Waals surface area contributed by atoms with E-state index in [0.717, 1.165) is 11.1 Å². The highest BCUT2D eigenvalue weighted by atomic mass is 35.5. The number of rotatable bonds is 2. The molecule has 0 amide bonds. The molecule has 0 aromatic heterocycles. The van der Waals surface area contributed by atoms with Gasteiger partial charge in [-0.25, -0.2) is 0 Å². The second kappa shape index (κ2) is 6.80. The molecule has 6 heteroatoms. The van der Waals surface area contributed by atoms with Crippen LogP contribution in [0.15, 0.2) is 12.1 Å². The van der Waals surface area contributed by atoms with E-state index in [9.17, 15) is 4.79 Å². The Morgan fingerprint density at radius 2 is 2.16 bits per heavy atom. The minimum atomic E-state index is -0.233. The highest BCUT2D eigenvalue weighted by molar-refractivity contribution is 6.42. The molecule has 1 aromatic rings. The monoisotopic (exact) mass is 323 g/mol. The average molecular weight is 325 g/mol. The fourth-order valence-electron chi connectivity index (χ4n) is 2.37. The summed E-state index contributed by atoms with van der Waals surface area (Å²) in [6, 6.07) is 3.43. The van der Waals surface area contributed by atoms with Gasteiger partial charge in [0.15, 0.2) is 0 Å². The van der Waals surface area contributed by atoms with E-state index in [1.807, 2.05) is 6.07 Å². The molecule has 0 spiro atoms. The van der Waals surface area contributed by atoms with Crippen molar-refractivity contribution < 1.29 is 9.53 Å². The minimum absolute atomic E-state index is 0. The molecule has 3 nitrogen and oxygen atoms in total. The molecule has 1 aliphatic carbocycles. The van der Waals surface area contributed by atoms with E-state index >= 15 is 0 Å². The van der Waals surface area contributed by atoms with Crippen LogP contribution in [0, 0.1) is 5.92 Å². The lowest BCUT2D eigenvalue weighted by Gasteiger charge is -2.29. The van der Waals surface area contributed by atoms with Crippen molar-refractivity contribution in [3.8, 4) is 0 Å². The molecule has 2 atom stereocenters. The molecule has 106 valence electrons. The maximum Gasteiger partial charge on any atom is 0.309 e. The van der Waals surface area contributed by atoms with Crippen LogP contribution in [0.1, 0.15) is 30.5 Å². The molecule has 1 aliphatic rings. The van der Waals surface area contributed by atoms with Gasteiger partial charge in [-0.15, -0.1) is 12.4 Å². The van der Waals surface area contributed by atoms with E-state index in [2.05, 4.69) is 0 Å². The first kappa shape index (κ1) is 16.6. The molecule has 0 aliphatic heterocycles. The van der Waals surface area contributed by atoms with Gasteiger partial charge in [-0.2, -0.15) is 0 Å². The summed E-state index contributed by atoms with van der Waals surface area (Å²) in [5.74, 6) is -0.446. The third kappa shape index (κ3) is 3.34. The van der Waals surface area contributed by atoms with Gasteiger partial charge in [0.25, 0.3) is 0 Å². The number of ether oxygens (including phenoxy) is 1. The molecule has 0 bridgehead atoms. The number of fused-ring (bicyclic) bond motifs is 1. The predicted octanol–water partition coefficient (Wildman–Crippen LogP) is 3.54. The summed E-state index contributed by atoms with van der Waals surface area (Å²) in [5, 5.41) is 0.991. The lowest BCUT2D eigenvalue weighted by Crippen LogP contribution is -2.30. The molecule has 0 fully saturated rings. The molecule has 2 N–H and O–H groups in total. The van der Waals surface area contributed by atoms with Crippen LogP contribution in [-0.2, 0) is 16.0 Å². The molecular formula is C13H16Cl3NO2. The van der Waals surface area contributed by atoms with Crippen LogP contribution in [-0.4, -0.2) is 12.6 Å². The van der Waals surface area contributed by atoms with E-state index in [0.29, 0.717) is 29.5 Å². The summed E-state index contributed by atoms with van der Waals surface area (Å²) >= 11 is 12.2. The molecule has 19 heavy (non-hydrogen) atoms. The van der Waals surface area contributed by atoms with Crippen LogP contribution in [0.4, 0.5) is 0 Å². The van der Waals surface area contributed by atoms with Gasteiger partial charge in [0.05, 0.1) is 22.6 Å². The Kier molecular flexibility index (Phi) is 5.93. The van der Waals surface area contributed by atoms with Gasteiger partial charge in [-0.1, -0.05) is 29.3 Å². The third-order valence-electron chi connectivity index (χ3n) is 3.24. The van der Waals surface area contributed by atoms with E-state index < -0.39 is 0 Å². The molecule has 0 unspecified atom stereocenters. The van der Waals surface area contributed by atoms with E-state index in [4.69, 9.17) is 33.7 Å². The van der Waals surface area contributed by atoms with Gasteiger partial charge in [0.1, 0.15) is 0 Å². The average Bonchev–Trinajstić information content (AvgIpc) is 2.34. The quantitative estimate of drug-likeness (QED) is 0.847. The number of hydrogen-bond donors (Lipinski definition) is 1. The van der Waals surface area contributed by atoms with Crippen molar-refractivity contribution in [2.45, 2.75) is 25.8 Å². The van der Waals surface area contributed by atoms with Gasteiger partial charge in [-0.3, -0.25) is 4.79 Å². The van der Waals surface area contributed by atoms with Crippen LogP contribution < -0.4 is 5.73 Å². The van der Waals surface area contributed by atoms with Crippen LogP contribution in [0.3, 0.4) is 0 Å². The fraction of sp³-hybridized carbons (Fsp3) is 0.462. The highest BCUT2D eigenvalue weighted by Crippen LogP contribution is 2.39. The first-order valence-corrected chi connectivity index (χ1v) is 6.69. The number of hydrogen-bond acceptors (Lipinski definition) is 3. The minimum Gasteiger partial charge on any atom is -0.466 e. The van der Waals surface area contributed by atoms with Crippen molar-refractivity contribution in [1.82, 2.24) is 0 Å². The number of carbonyl (C=O) groups is 1. The number of benzene rings is 1. The number of carbonyl (C=O) groups excluding carboxylic acids is 1. The second-order valence-corrected chi connectivity index (χ2v) is 5.21. The first-order chi connectivity index (χ1) is 8.54. The predicted molar refractivity (Wildman–Crippen MR) is 79.1 cm³/mol. The summed E-state index contributed by atoms with van der Waals surface area (Å²) in [4.78, 5) is 11.8. The maximum absolute atomic E-state index is 11.8. The van der Waals surface area contributed by atoms with Crippen molar-refractivity contribution >= 4 is 41.6 Å². The van der Waals surface area contributed by atoms with Crippen molar-refractivity contribution in [2.24, 2.45) is 11.7 Å². The Morgan fingerprint density at radius 1 is 1.47 bits per heavy atom. The SMILES string of the molecule is CCOC(=O)[C@@H]1Cc2c(ccc(Cl)c2Cl)[C@H](N)C1.Cl. The molecular weight excluding hydrogens is 309 g/mol. The van der Waals surface area contributed by atoms with Gasteiger partial charge in [0.2, 0.25) is 0 Å². The Labute approximate surface area is 128 Å². The van der Waals surface area contributed by atoms with Gasteiger partial charge in [-0.05, 0) is 37.0 Å². The number of esters is 1. The van der Waals surface area contributed by atoms with Crippen LogP contribution >= 0.6 is 35.6 Å². The Bertz CT molecular complexity index is 479. The Hall–Kier alpha value is -0.480. The lowest BCUT2D eigenvalue weighted by atomic mass is 9.81. The Balaban J connectivity index is 0.00000180. The Morgan fingerprint density at radius 3 is 2.79 bits per heavy atom. The summed E-state index contributed by atoms with van der Waals surface area (Å²) in [7, 11) is 0. The van der Waals surface area contributed by atoms with Crippen molar-refractivity contribution in [3.05, 3.63) is 33.3 Å². The van der Waals surface area contributed by atoms with Crippen molar-refractivity contribution in [2.75, 3.05) is 6.61 Å². The van der Waals surface area contributed by atoms with E-state index in [1.165, 1.54) is 0 Å². The van der Waals surface area contributed by atoms with Crippen LogP contribution in [0.25, 0.3) is 0 Å². The van der Waals surface area contributed by atoms with Gasteiger partial charge >= 0.3 is 5.97 Å². The van der Waals surface area contributed by atoms with E-state index in [1.54, 1.807) is 13.0 Å². The normalized spacial score (nSPS) is 21.3. The molecule has 0 saturated heterocycles.